The van der Waals surface area contributed by atoms with Gasteiger partial charge in [0.05, 0.1) is 5.41 Å². The summed E-state index contributed by atoms with van der Waals surface area (Å²) in [5.41, 5.74) is 15.1. The molecule has 0 bridgehead atoms. The molecular formula is C52H31N3S. The first kappa shape index (κ1) is 31.4. The van der Waals surface area contributed by atoms with Gasteiger partial charge >= 0.3 is 0 Å². The Bertz CT molecular complexity index is 3170. The van der Waals surface area contributed by atoms with E-state index in [1.807, 2.05) is 0 Å². The molecule has 0 aliphatic heterocycles. The maximum atomic E-state index is 5.35. The first-order chi connectivity index (χ1) is 27.8. The Morgan fingerprint density at radius 1 is 0.321 bits per heavy atom. The average Bonchev–Trinajstić information content (AvgIpc) is 3.91. The summed E-state index contributed by atoms with van der Waals surface area (Å²) in [6.45, 7) is 0. The fourth-order valence-corrected chi connectivity index (χ4v) is 10.7. The number of hydrogen-bond donors (Lipinski definition) is 0. The van der Waals surface area contributed by atoms with Crippen molar-refractivity contribution < 1.29 is 0 Å². The Balaban J connectivity index is 1.11. The van der Waals surface area contributed by atoms with Gasteiger partial charge in [-0.05, 0) is 73.8 Å². The molecule has 0 unspecified atom stereocenters. The van der Waals surface area contributed by atoms with E-state index in [1.54, 1.807) is 11.3 Å². The number of hydrogen-bond acceptors (Lipinski definition) is 4. The molecule has 0 atom stereocenters. The molecule has 12 rings (SSSR count). The van der Waals surface area contributed by atoms with Crippen molar-refractivity contribution in [1.82, 2.24) is 15.0 Å². The minimum atomic E-state index is -0.404. The number of fused-ring (bicyclic) bond motifs is 13. The highest BCUT2D eigenvalue weighted by atomic mass is 32.1. The van der Waals surface area contributed by atoms with Crippen LogP contribution in [0, 0.1) is 0 Å². The zero-order chi connectivity index (χ0) is 36.8. The van der Waals surface area contributed by atoms with E-state index >= 15 is 0 Å². The highest BCUT2D eigenvalue weighted by Gasteiger charge is 2.51. The molecule has 8 aromatic carbocycles. The predicted octanol–water partition coefficient (Wildman–Crippen LogP) is 13.3. The Morgan fingerprint density at radius 2 is 0.821 bits per heavy atom. The lowest BCUT2D eigenvalue weighted by molar-refractivity contribution is 0.794. The van der Waals surface area contributed by atoms with Crippen LogP contribution in [-0.2, 0) is 5.41 Å². The second-order valence-corrected chi connectivity index (χ2v) is 15.7. The molecule has 260 valence electrons. The highest BCUT2D eigenvalue weighted by molar-refractivity contribution is 7.26. The normalized spacial score (nSPS) is 13.1. The van der Waals surface area contributed by atoms with Crippen molar-refractivity contribution >= 4 is 31.5 Å². The molecule has 2 aliphatic carbocycles. The van der Waals surface area contributed by atoms with Crippen molar-refractivity contribution in [3.63, 3.8) is 0 Å². The third-order valence-electron chi connectivity index (χ3n) is 11.8. The summed E-state index contributed by atoms with van der Waals surface area (Å²) in [7, 11) is 0. The van der Waals surface area contributed by atoms with Gasteiger partial charge in [0, 0.05) is 36.9 Å². The van der Waals surface area contributed by atoms with Crippen LogP contribution in [0.5, 0.6) is 0 Å². The molecule has 2 aliphatic rings. The predicted molar refractivity (Wildman–Crippen MR) is 231 cm³/mol. The van der Waals surface area contributed by atoms with E-state index in [1.165, 1.54) is 64.7 Å². The molecular weight excluding hydrogens is 699 g/mol. The van der Waals surface area contributed by atoms with Crippen molar-refractivity contribution in [2.75, 3.05) is 0 Å². The van der Waals surface area contributed by atoms with Crippen LogP contribution in [0.25, 0.3) is 87.7 Å². The van der Waals surface area contributed by atoms with Crippen molar-refractivity contribution in [3.8, 4) is 67.5 Å². The number of benzene rings is 8. The third kappa shape index (κ3) is 4.36. The molecule has 2 heterocycles. The molecule has 0 amide bonds. The van der Waals surface area contributed by atoms with E-state index in [-0.39, 0.29) is 0 Å². The van der Waals surface area contributed by atoms with Gasteiger partial charge in [-0.3, -0.25) is 0 Å². The van der Waals surface area contributed by atoms with Gasteiger partial charge in [0.1, 0.15) is 0 Å². The third-order valence-corrected chi connectivity index (χ3v) is 13.0. The zero-order valence-corrected chi connectivity index (χ0v) is 31.0. The summed E-state index contributed by atoms with van der Waals surface area (Å²) in [5, 5.41) is 2.47. The topological polar surface area (TPSA) is 38.7 Å². The molecule has 4 heteroatoms. The van der Waals surface area contributed by atoms with Gasteiger partial charge in [-0.2, -0.15) is 0 Å². The maximum Gasteiger partial charge on any atom is 0.165 e. The molecule has 2 aromatic heterocycles. The standard InChI is InChI=1S/C52H31N3S/c1-2-15-32(16-3-1)34-17-4-5-22-40(34)50-53-49(54-51(55-50)41-24-14-23-39-38-21-9-13-28-47(38)56-48(39)41)33-29-30-46-42(31-33)37-20-8-12-27-45(37)52(46)43-25-10-6-18-35(43)36-19-7-11-26-44(36)52/h1-31H. The van der Waals surface area contributed by atoms with E-state index in [0.717, 1.165) is 27.8 Å². The largest absolute Gasteiger partial charge is 0.208 e. The van der Waals surface area contributed by atoms with Crippen LogP contribution < -0.4 is 0 Å². The van der Waals surface area contributed by atoms with Crippen molar-refractivity contribution in [3.05, 3.63) is 210 Å². The van der Waals surface area contributed by atoms with Crippen LogP contribution in [0.2, 0.25) is 0 Å². The fraction of sp³-hybridized carbons (Fsp3) is 0.0192. The Kier molecular flexibility index (Phi) is 6.72. The van der Waals surface area contributed by atoms with Crippen molar-refractivity contribution in [2.45, 2.75) is 5.41 Å². The van der Waals surface area contributed by atoms with Gasteiger partial charge in [-0.25, -0.2) is 15.0 Å². The average molecular weight is 730 g/mol. The number of thiophene rings is 1. The molecule has 0 N–H and O–H groups in total. The molecule has 10 aromatic rings. The maximum absolute atomic E-state index is 5.35. The smallest absolute Gasteiger partial charge is 0.165 e. The van der Waals surface area contributed by atoms with E-state index < -0.39 is 5.41 Å². The highest BCUT2D eigenvalue weighted by Crippen LogP contribution is 2.63. The molecule has 56 heavy (non-hydrogen) atoms. The monoisotopic (exact) mass is 729 g/mol. The lowest BCUT2D eigenvalue weighted by Gasteiger charge is -2.30. The second-order valence-electron chi connectivity index (χ2n) is 14.6. The van der Waals surface area contributed by atoms with E-state index in [0.29, 0.717) is 17.5 Å². The van der Waals surface area contributed by atoms with Gasteiger partial charge < -0.3 is 0 Å². The number of nitrogens with zero attached hydrogens (tertiary/aromatic N) is 3. The van der Waals surface area contributed by atoms with Crippen molar-refractivity contribution in [1.29, 1.82) is 0 Å². The van der Waals surface area contributed by atoms with Crippen LogP contribution >= 0.6 is 11.3 Å². The minimum absolute atomic E-state index is 0.404. The molecule has 0 radical (unpaired) electrons. The van der Waals surface area contributed by atoms with Crippen LogP contribution in [-0.4, -0.2) is 15.0 Å². The van der Waals surface area contributed by atoms with Crippen LogP contribution in [0.15, 0.2) is 188 Å². The van der Waals surface area contributed by atoms with E-state index in [2.05, 4.69) is 188 Å². The first-order valence-electron chi connectivity index (χ1n) is 19.0. The van der Waals surface area contributed by atoms with E-state index in [4.69, 9.17) is 15.0 Å². The Morgan fingerprint density at radius 3 is 1.54 bits per heavy atom. The SMILES string of the molecule is c1ccc(-c2ccccc2-c2nc(-c3ccc4c(c3)-c3ccccc3C43c4ccccc4-c4ccccc43)nc(-c3cccc4c3sc3ccccc34)n2)cc1. The lowest BCUT2D eigenvalue weighted by Crippen LogP contribution is -2.25. The van der Waals surface area contributed by atoms with Crippen LogP contribution in [0.1, 0.15) is 22.3 Å². The van der Waals surface area contributed by atoms with Gasteiger partial charge in [0.15, 0.2) is 17.5 Å². The number of aromatic nitrogens is 3. The summed E-state index contributed by atoms with van der Waals surface area (Å²) < 4.78 is 2.43. The molecule has 0 fully saturated rings. The van der Waals surface area contributed by atoms with Gasteiger partial charge in [-0.1, -0.05) is 170 Å². The summed E-state index contributed by atoms with van der Waals surface area (Å²) in [5.74, 6) is 1.97. The minimum Gasteiger partial charge on any atom is -0.208 e. The summed E-state index contributed by atoms with van der Waals surface area (Å²) in [4.78, 5) is 16.0. The van der Waals surface area contributed by atoms with Crippen LogP contribution in [0.3, 0.4) is 0 Å². The molecule has 3 nitrogen and oxygen atoms in total. The number of rotatable bonds is 4. The quantitative estimate of drug-likeness (QED) is 0.181. The van der Waals surface area contributed by atoms with E-state index in [9.17, 15) is 0 Å². The second kappa shape index (κ2) is 12.0. The summed E-state index contributed by atoms with van der Waals surface area (Å²) in [6, 6.07) is 67.7. The fourth-order valence-electron chi connectivity index (χ4n) is 9.46. The first-order valence-corrected chi connectivity index (χ1v) is 19.8. The molecule has 1 spiro atoms. The summed E-state index contributed by atoms with van der Waals surface area (Å²) in [6.07, 6.45) is 0. The summed E-state index contributed by atoms with van der Waals surface area (Å²) >= 11 is 1.79. The van der Waals surface area contributed by atoms with Gasteiger partial charge in [0.25, 0.3) is 0 Å². The molecule has 0 saturated carbocycles. The Hall–Kier alpha value is -7.01. The zero-order valence-electron chi connectivity index (χ0n) is 30.1. The van der Waals surface area contributed by atoms with Gasteiger partial charge in [0.2, 0.25) is 0 Å². The molecule has 0 saturated heterocycles. The van der Waals surface area contributed by atoms with Gasteiger partial charge in [-0.15, -0.1) is 11.3 Å². The Labute approximate surface area is 328 Å². The van der Waals surface area contributed by atoms with Crippen molar-refractivity contribution in [2.24, 2.45) is 0 Å². The lowest BCUT2D eigenvalue weighted by atomic mass is 9.70. The van der Waals surface area contributed by atoms with Crippen LogP contribution in [0.4, 0.5) is 0 Å².